The van der Waals surface area contributed by atoms with Crippen molar-refractivity contribution in [1.29, 1.82) is 0 Å². The SMILES string of the molecule is CC(C)CN(CC(C)C)c1ncnc(Nc2ccccc2C(F)(F)F)c1[N+](=O)[O-]. The molecule has 0 radical (unpaired) electrons. The molecule has 0 aliphatic rings. The topological polar surface area (TPSA) is 84.2 Å². The summed E-state index contributed by atoms with van der Waals surface area (Å²) in [5, 5.41) is 14.3. The number of alkyl halides is 3. The van der Waals surface area contributed by atoms with Gasteiger partial charge in [-0.15, -0.1) is 0 Å². The summed E-state index contributed by atoms with van der Waals surface area (Å²) < 4.78 is 39.9. The summed E-state index contributed by atoms with van der Waals surface area (Å²) in [7, 11) is 0. The number of para-hydroxylation sites is 1. The van der Waals surface area contributed by atoms with E-state index in [0.29, 0.717) is 13.1 Å². The second-order valence-electron chi connectivity index (χ2n) is 7.51. The van der Waals surface area contributed by atoms with E-state index in [1.807, 2.05) is 27.7 Å². The molecule has 158 valence electrons. The van der Waals surface area contributed by atoms with E-state index in [0.717, 1.165) is 12.4 Å². The van der Waals surface area contributed by atoms with E-state index in [9.17, 15) is 23.3 Å². The molecule has 0 aliphatic heterocycles. The molecule has 2 rings (SSSR count). The Hall–Kier alpha value is -2.91. The summed E-state index contributed by atoms with van der Waals surface area (Å²) in [5.41, 5.74) is -1.70. The van der Waals surface area contributed by atoms with E-state index < -0.39 is 22.4 Å². The molecule has 1 aromatic heterocycles. The Morgan fingerprint density at radius 2 is 1.69 bits per heavy atom. The first-order chi connectivity index (χ1) is 13.5. The van der Waals surface area contributed by atoms with Crippen LogP contribution in [0.25, 0.3) is 0 Å². The van der Waals surface area contributed by atoms with Gasteiger partial charge in [-0.05, 0) is 24.0 Å². The second kappa shape index (κ2) is 9.06. The average Bonchev–Trinajstić information content (AvgIpc) is 2.59. The molecule has 0 spiro atoms. The quantitative estimate of drug-likeness (QED) is 0.471. The van der Waals surface area contributed by atoms with Crippen LogP contribution < -0.4 is 10.2 Å². The highest BCUT2D eigenvalue weighted by molar-refractivity contribution is 5.75. The van der Waals surface area contributed by atoms with Crippen molar-refractivity contribution in [3.63, 3.8) is 0 Å². The van der Waals surface area contributed by atoms with Gasteiger partial charge in [0, 0.05) is 13.1 Å². The average molecular weight is 411 g/mol. The lowest BCUT2D eigenvalue weighted by Crippen LogP contribution is -2.32. The number of nitrogens with zero attached hydrogens (tertiary/aromatic N) is 4. The van der Waals surface area contributed by atoms with Crippen molar-refractivity contribution in [3.05, 3.63) is 46.3 Å². The van der Waals surface area contributed by atoms with Crippen LogP contribution in [-0.2, 0) is 6.18 Å². The first-order valence-electron chi connectivity index (χ1n) is 9.18. The minimum Gasteiger partial charge on any atom is -0.350 e. The number of nitrogens with one attached hydrogen (secondary N) is 1. The van der Waals surface area contributed by atoms with E-state index in [1.165, 1.54) is 18.2 Å². The lowest BCUT2D eigenvalue weighted by molar-refractivity contribution is -0.383. The van der Waals surface area contributed by atoms with Crippen molar-refractivity contribution < 1.29 is 18.1 Å². The molecular formula is C19H24F3N5O2. The molecule has 29 heavy (non-hydrogen) atoms. The molecule has 2 aromatic rings. The monoisotopic (exact) mass is 411 g/mol. The summed E-state index contributed by atoms with van der Waals surface area (Å²) in [4.78, 5) is 20.9. The Morgan fingerprint density at radius 1 is 1.10 bits per heavy atom. The largest absolute Gasteiger partial charge is 0.418 e. The Labute approximate surface area is 167 Å². The molecule has 0 amide bonds. The number of benzene rings is 1. The third kappa shape index (κ3) is 5.78. The van der Waals surface area contributed by atoms with E-state index in [-0.39, 0.29) is 29.2 Å². The van der Waals surface area contributed by atoms with Gasteiger partial charge in [0.2, 0.25) is 11.6 Å². The molecule has 0 fully saturated rings. The van der Waals surface area contributed by atoms with Crippen LogP contribution >= 0.6 is 0 Å². The van der Waals surface area contributed by atoms with Gasteiger partial charge in [0.15, 0.2) is 0 Å². The Balaban J connectivity index is 2.55. The van der Waals surface area contributed by atoms with E-state index in [4.69, 9.17) is 0 Å². The van der Waals surface area contributed by atoms with Gasteiger partial charge in [-0.2, -0.15) is 13.2 Å². The molecule has 7 nitrogen and oxygen atoms in total. The number of rotatable bonds is 8. The van der Waals surface area contributed by atoms with Gasteiger partial charge < -0.3 is 10.2 Å². The standard InChI is InChI=1S/C19H24F3N5O2/c1-12(2)9-26(10-13(3)4)18-16(27(28)29)17(23-11-24-18)25-15-8-6-5-7-14(15)19(20,21)22/h5-8,11-13H,9-10H2,1-4H3,(H,23,24,25). The predicted molar refractivity (Wildman–Crippen MR) is 105 cm³/mol. The summed E-state index contributed by atoms with van der Waals surface area (Å²) in [6, 6.07) is 4.77. The second-order valence-corrected chi connectivity index (χ2v) is 7.51. The summed E-state index contributed by atoms with van der Waals surface area (Å²) in [5.74, 6) is 0.199. The van der Waals surface area contributed by atoms with Crippen molar-refractivity contribution in [3.8, 4) is 0 Å². The van der Waals surface area contributed by atoms with Crippen LogP contribution in [0.15, 0.2) is 30.6 Å². The molecule has 1 N–H and O–H groups in total. The van der Waals surface area contributed by atoms with Gasteiger partial charge in [0.1, 0.15) is 6.33 Å². The van der Waals surface area contributed by atoms with Crippen LogP contribution in [0.4, 0.5) is 36.2 Å². The smallest absolute Gasteiger partial charge is 0.350 e. The molecule has 0 bridgehead atoms. The van der Waals surface area contributed by atoms with Crippen LogP contribution in [0.5, 0.6) is 0 Å². The van der Waals surface area contributed by atoms with Crippen LogP contribution in [0.2, 0.25) is 0 Å². The first-order valence-corrected chi connectivity index (χ1v) is 9.18. The van der Waals surface area contributed by atoms with Crippen molar-refractivity contribution >= 4 is 23.0 Å². The third-order valence-electron chi connectivity index (χ3n) is 3.94. The fraction of sp³-hybridized carbons (Fsp3) is 0.474. The lowest BCUT2D eigenvalue weighted by atomic mass is 10.1. The highest BCUT2D eigenvalue weighted by Crippen LogP contribution is 2.39. The summed E-state index contributed by atoms with van der Waals surface area (Å²) >= 11 is 0. The van der Waals surface area contributed by atoms with E-state index in [1.54, 1.807) is 4.90 Å². The van der Waals surface area contributed by atoms with Gasteiger partial charge in [-0.1, -0.05) is 39.8 Å². The molecule has 10 heteroatoms. The number of hydrogen-bond acceptors (Lipinski definition) is 6. The predicted octanol–water partition coefficient (Wildman–Crippen LogP) is 5.27. The Morgan fingerprint density at radius 3 is 2.21 bits per heavy atom. The van der Waals surface area contributed by atoms with Crippen LogP contribution in [0.1, 0.15) is 33.3 Å². The van der Waals surface area contributed by atoms with E-state index in [2.05, 4.69) is 15.3 Å². The van der Waals surface area contributed by atoms with Crippen LogP contribution in [-0.4, -0.2) is 28.0 Å². The summed E-state index contributed by atoms with van der Waals surface area (Å²) in [6.45, 7) is 8.90. The zero-order chi connectivity index (χ0) is 21.8. The lowest BCUT2D eigenvalue weighted by Gasteiger charge is -2.27. The zero-order valence-electron chi connectivity index (χ0n) is 16.7. The Kier molecular flexibility index (Phi) is 6.99. The van der Waals surface area contributed by atoms with Gasteiger partial charge in [-0.3, -0.25) is 10.1 Å². The molecule has 1 heterocycles. The number of halogens is 3. The molecule has 0 atom stereocenters. The molecule has 0 saturated carbocycles. The van der Waals surface area contributed by atoms with Gasteiger partial charge in [-0.25, -0.2) is 9.97 Å². The maximum Gasteiger partial charge on any atom is 0.418 e. The van der Waals surface area contributed by atoms with Crippen molar-refractivity contribution in [1.82, 2.24) is 9.97 Å². The maximum absolute atomic E-state index is 13.3. The molecule has 1 aromatic carbocycles. The zero-order valence-corrected chi connectivity index (χ0v) is 16.7. The van der Waals surface area contributed by atoms with Crippen molar-refractivity contribution in [2.45, 2.75) is 33.9 Å². The minimum atomic E-state index is -4.62. The Bertz CT molecular complexity index is 846. The van der Waals surface area contributed by atoms with Gasteiger partial charge in [0.25, 0.3) is 0 Å². The molecule has 0 unspecified atom stereocenters. The molecular weight excluding hydrogens is 387 g/mol. The number of anilines is 3. The first kappa shape index (κ1) is 22.4. The van der Waals surface area contributed by atoms with Gasteiger partial charge in [0.05, 0.1) is 16.2 Å². The summed E-state index contributed by atoms with van der Waals surface area (Å²) in [6.07, 6.45) is -3.50. The van der Waals surface area contributed by atoms with Gasteiger partial charge >= 0.3 is 11.9 Å². The molecule has 0 saturated heterocycles. The van der Waals surface area contributed by atoms with Crippen molar-refractivity contribution in [2.75, 3.05) is 23.3 Å². The highest BCUT2D eigenvalue weighted by atomic mass is 19.4. The highest BCUT2D eigenvalue weighted by Gasteiger charge is 2.34. The third-order valence-corrected chi connectivity index (χ3v) is 3.94. The van der Waals surface area contributed by atoms with E-state index >= 15 is 0 Å². The fourth-order valence-electron chi connectivity index (χ4n) is 2.96. The number of aromatic nitrogens is 2. The number of nitro groups is 1. The minimum absolute atomic E-state index is 0.0828. The van der Waals surface area contributed by atoms with Crippen LogP contribution in [0, 0.1) is 22.0 Å². The number of hydrogen-bond donors (Lipinski definition) is 1. The fourth-order valence-corrected chi connectivity index (χ4v) is 2.96. The maximum atomic E-state index is 13.3. The van der Waals surface area contributed by atoms with Crippen LogP contribution in [0.3, 0.4) is 0 Å². The normalized spacial score (nSPS) is 11.8. The van der Waals surface area contributed by atoms with Crippen molar-refractivity contribution in [2.24, 2.45) is 11.8 Å². The molecule has 0 aliphatic carbocycles.